The molecular formula is C17H30N4. The van der Waals surface area contributed by atoms with E-state index in [2.05, 4.69) is 62.1 Å². The van der Waals surface area contributed by atoms with Crippen LogP contribution in [-0.4, -0.2) is 49.7 Å². The van der Waals surface area contributed by atoms with Crippen LogP contribution in [0.15, 0.2) is 12.1 Å². The number of aromatic nitrogens is 1. The van der Waals surface area contributed by atoms with Crippen molar-refractivity contribution in [2.24, 2.45) is 5.92 Å². The molecule has 2 heterocycles. The third kappa shape index (κ3) is 3.95. The maximum Gasteiger partial charge on any atom is 0.129 e. The van der Waals surface area contributed by atoms with E-state index in [1.165, 1.54) is 11.3 Å². The van der Waals surface area contributed by atoms with Crippen LogP contribution in [0.2, 0.25) is 0 Å². The van der Waals surface area contributed by atoms with Gasteiger partial charge in [-0.05, 0) is 50.7 Å². The van der Waals surface area contributed by atoms with E-state index in [1.54, 1.807) is 0 Å². The Bertz CT molecular complexity index is 458. The van der Waals surface area contributed by atoms with Gasteiger partial charge < -0.3 is 15.1 Å². The van der Waals surface area contributed by atoms with E-state index in [4.69, 9.17) is 4.98 Å². The first kappa shape index (κ1) is 16.2. The molecule has 1 aliphatic rings. The Morgan fingerprint density at radius 3 is 2.62 bits per heavy atom. The van der Waals surface area contributed by atoms with Crippen LogP contribution in [0.5, 0.6) is 0 Å². The fourth-order valence-corrected chi connectivity index (χ4v) is 3.16. The quantitative estimate of drug-likeness (QED) is 0.870. The minimum absolute atomic E-state index is 0.620. The monoisotopic (exact) mass is 290 g/mol. The maximum atomic E-state index is 4.85. The van der Waals surface area contributed by atoms with Crippen molar-refractivity contribution in [3.63, 3.8) is 0 Å². The van der Waals surface area contributed by atoms with Gasteiger partial charge in [-0.15, -0.1) is 0 Å². The van der Waals surface area contributed by atoms with Gasteiger partial charge in [-0.2, -0.15) is 0 Å². The summed E-state index contributed by atoms with van der Waals surface area (Å²) in [5.41, 5.74) is 2.54. The van der Waals surface area contributed by atoms with Gasteiger partial charge in [-0.3, -0.25) is 0 Å². The van der Waals surface area contributed by atoms with Gasteiger partial charge in [0.15, 0.2) is 0 Å². The van der Waals surface area contributed by atoms with Crippen LogP contribution < -0.4 is 10.2 Å². The van der Waals surface area contributed by atoms with Crippen molar-refractivity contribution < 1.29 is 0 Å². The van der Waals surface area contributed by atoms with Crippen molar-refractivity contribution in [2.45, 2.75) is 39.8 Å². The highest BCUT2D eigenvalue weighted by Crippen LogP contribution is 2.26. The molecule has 0 aromatic carbocycles. The smallest absolute Gasteiger partial charge is 0.129 e. The molecule has 0 radical (unpaired) electrons. The molecule has 4 heteroatoms. The Balaban J connectivity index is 2.19. The van der Waals surface area contributed by atoms with E-state index in [0.717, 1.165) is 38.4 Å². The Kier molecular flexibility index (Phi) is 5.59. The average Bonchev–Trinajstić information content (AvgIpc) is 2.87. The first-order valence-corrected chi connectivity index (χ1v) is 8.17. The van der Waals surface area contributed by atoms with Gasteiger partial charge in [0.2, 0.25) is 0 Å². The van der Waals surface area contributed by atoms with Gasteiger partial charge in [0.05, 0.1) is 0 Å². The summed E-state index contributed by atoms with van der Waals surface area (Å²) in [4.78, 5) is 9.64. The summed E-state index contributed by atoms with van der Waals surface area (Å²) in [5, 5.41) is 3.41. The van der Waals surface area contributed by atoms with Gasteiger partial charge in [0, 0.05) is 31.4 Å². The highest BCUT2D eigenvalue weighted by molar-refractivity contribution is 5.44. The third-order valence-corrected chi connectivity index (χ3v) is 4.43. The Hall–Kier alpha value is -1.13. The molecule has 0 saturated carbocycles. The van der Waals surface area contributed by atoms with Crippen molar-refractivity contribution in [3.05, 3.63) is 23.4 Å². The molecule has 1 saturated heterocycles. The molecule has 2 atom stereocenters. The van der Waals surface area contributed by atoms with E-state index >= 15 is 0 Å². The fraction of sp³-hybridized carbons (Fsp3) is 0.706. The second-order valence-electron chi connectivity index (χ2n) is 6.37. The lowest BCUT2D eigenvalue weighted by Crippen LogP contribution is -2.34. The predicted octanol–water partition coefficient (Wildman–Crippen LogP) is 2.14. The van der Waals surface area contributed by atoms with Crippen molar-refractivity contribution in [2.75, 3.05) is 38.6 Å². The van der Waals surface area contributed by atoms with Crippen LogP contribution in [-0.2, 0) is 13.0 Å². The zero-order valence-corrected chi connectivity index (χ0v) is 14.2. The van der Waals surface area contributed by atoms with E-state index < -0.39 is 0 Å². The number of hydrogen-bond donors (Lipinski definition) is 1. The molecule has 1 N–H and O–H groups in total. The molecule has 1 aromatic rings. The number of rotatable bonds is 6. The third-order valence-electron chi connectivity index (χ3n) is 4.43. The molecule has 21 heavy (non-hydrogen) atoms. The average molecular weight is 290 g/mol. The van der Waals surface area contributed by atoms with Gasteiger partial charge in [0.1, 0.15) is 5.82 Å². The van der Waals surface area contributed by atoms with Crippen LogP contribution >= 0.6 is 0 Å². The summed E-state index contributed by atoms with van der Waals surface area (Å²) in [6.07, 6.45) is 0.994. The number of anilines is 1. The van der Waals surface area contributed by atoms with Crippen LogP contribution in [0.3, 0.4) is 0 Å². The maximum absolute atomic E-state index is 4.85. The van der Waals surface area contributed by atoms with Gasteiger partial charge in [0.25, 0.3) is 0 Å². The van der Waals surface area contributed by atoms with E-state index in [-0.39, 0.29) is 0 Å². The molecule has 0 aliphatic carbocycles. The molecule has 1 fully saturated rings. The lowest BCUT2D eigenvalue weighted by molar-refractivity contribution is 0.266. The minimum atomic E-state index is 0.620. The number of likely N-dealkylation sites (N-methyl/N-ethyl adjacent to an activating group) is 1. The summed E-state index contributed by atoms with van der Waals surface area (Å²) >= 11 is 0. The SMILES string of the molecule is CCNCc1cc(CC)nc(N2CC(C)C(N(C)C)C2)c1. The number of pyridine rings is 1. The molecule has 2 unspecified atom stereocenters. The topological polar surface area (TPSA) is 31.4 Å². The largest absolute Gasteiger partial charge is 0.355 e. The Morgan fingerprint density at radius 2 is 2.05 bits per heavy atom. The van der Waals surface area contributed by atoms with Crippen molar-refractivity contribution in [1.29, 1.82) is 0 Å². The lowest BCUT2D eigenvalue weighted by atomic mass is 10.1. The summed E-state index contributed by atoms with van der Waals surface area (Å²) < 4.78 is 0. The zero-order chi connectivity index (χ0) is 15.4. The van der Waals surface area contributed by atoms with E-state index in [0.29, 0.717) is 12.0 Å². The zero-order valence-electron chi connectivity index (χ0n) is 14.2. The first-order chi connectivity index (χ1) is 10.0. The molecule has 2 rings (SSSR count). The predicted molar refractivity (Wildman–Crippen MR) is 89.8 cm³/mol. The summed E-state index contributed by atoms with van der Waals surface area (Å²) in [7, 11) is 4.36. The Morgan fingerprint density at radius 1 is 1.29 bits per heavy atom. The van der Waals surface area contributed by atoms with E-state index in [9.17, 15) is 0 Å². The second kappa shape index (κ2) is 7.23. The molecule has 1 aliphatic heterocycles. The lowest BCUT2D eigenvalue weighted by Gasteiger charge is -2.23. The summed E-state index contributed by atoms with van der Waals surface area (Å²) in [6.45, 7) is 10.8. The van der Waals surface area contributed by atoms with Crippen LogP contribution in [0.25, 0.3) is 0 Å². The molecule has 0 spiro atoms. The van der Waals surface area contributed by atoms with Crippen LogP contribution in [0, 0.1) is 5.92 Å². The minimum Gasteiger partial charge on any atom is -0.355 e. The standard InChI is InChI=1S/C17H30N4/c1-6-15-8-14(10-18-7-2)9-17(19-15)21-11-13(3)16(12-21)20(4)5/h8-9,13,16,18H,6-7,10-12H2,1-5H3. The highest BCUT2D eigenvalue weighted by Gasteiger charge is 2.31. The molecule has 118 valence electrons. The number of nitrogens with one attached hydrogen (secondary N) is 1. The van der Waals surface area contributed by atoms with Crippen LogP contribution in [0.4, 0.5) is 5.82 Å². The van der Waals surface area contributed by atoms with Gasteiger partial charge in [-0.1, -0.05) is 20.8 Å². The van der Waals surface area contributed by atoms with E-state index in [1.807, 2.05) is 0 Å². The molecule has 1 aromatic heterocycles. The van der Waals surface area contributed by atoms with Gasteiger partial charge in [-0.25, -0.2) is 4.98 Å². The Labute approximate surface area is 129 Å². The van der Waals surface area contributed by atoms with Crippen molar-refractivity contribution in [3.8, 4) is 0 Å². The summed E-state index contributed by atoms with van der Waals surface area (Å²) in [6, 6.07) is 5.11. The molecular weight excluding hydrogens is 260 g/mol. The summed E-state index contributed by atoms with van der Waals surface area (Å²) in [5.74, 6) is 1.84. The fourth-order valence-electron chi connectivity index (χ4n) is 3.16. The normalized spacial score (nSPS) is 22.3. The number of nitrogens with zero attached hydrogens (tertiary/aromatic N) is 3. The highest BCUT2D eigenvalue weighted by atomic mass is 15.3. The number of hydrogen-bond acceptors (Lipinski definition) is 4. The molecule has 0 bridgehead atoms. The van der Waals surface area contributed by atoms with Crippen molar-refractivity contribution >= 4 is 5.82 Å². The van der Waals surface area contributed by atoms with Gasteiger partial charge >= 0.3 is 0 Å². The molecule has 4 nitrogen and oxygen atoms in total. The molecule has 0 amide bonds. The van der Waals surface area contributed by atoms with Crippen molar-refractivity contribution in [1.82, 2.24) is 15.2 Å². The number of aryl methyl sites for hydroxylation is 1. The first-order valence-electron chi connectivity index (χ1n) is 8.17. The van der Waals surface area contributed by atoms with Crippen LogP contribution in [0.1, 0.15) is 32.0 Å². The second-order valence-corrected chi connectivity index (χ2v) is 6.37.